The predicted octanol–water partition coefficient (Wildman–Crippen LogP) is 3.83. The second kappa shape index (κ2) is 8.51. The van der Waals surface area contributed by atoms with Crippen LogP contribution in [0.5, 0.6) is 0 Å². The average molecular weight is 370 g/mol. The van der Waals surface area contributed by atoms with Crippen molar-refractivity contribution in [1.29, 1.82) is 0 Å². The van der Waals surface area contributed by atoms with Crippen LogP contribution in [0.15, 0.2) is 35.1 Å². The number of benzene rings is 1. The molecule has 1 N–H and O–H groups in total. The minimum absolute atomic E-state index is 0.0375. The summed E-state index contributed by atoms with van der Waals surface area (Å²) in [5.41, 5.74) is 2.89. The van der Waals surface area contributed by atoms with E-state index in [9.17, 15) is 14.0 Å². The molecule has 3 rings (SSSR count). The van der Waals surface area contributed by atoms with E-state index in [4.69, 9.17) is 0 Å². The van der Waals surface area contributed by atoms with Crippen molar-refractivity contribution in [2.45, 2.75) is 65.0 Å². The molecule has 0 unspecified atom stereocenters. The molecule has 1 amide bonds. The van der Waals surface area contributed by atoms with Crippen molar-refractivity contribution in [3.63, 3.8) is 0 Å². The molecule has 0 saturated carbocycles. The molecule has 1 aliphatic carbocycles. The number of aryl methyl sites for hydroxylation is 1. The number of carbonyl (C=O) groups is 1. The van der Waals surface area contributed by atoms with E-state index in [1.165, 1.54) is 18.6 Å². The van der Waals surface area contributed by atoms with Crippen LogP contribution in [-0.4, -0.2) is 16.5 Å². The van der Waals surface area contributed by atoms with Crippen LogP contribution in [0.2, 0.25) is 0 Å². The van der Waals surface area contributed by atoms with Gasteiger partial charge >= 0.3 is 0 Å². The topological polar surface area (TPSA) is 51.1 Å². The van der Waals surface area contributed by atoms with Crippen LogP contribution in [0.3, 0.4) is 0 Å². The minimum atomic E-state index is -0.326. The molecule has 0 radical (unpaired) electrons. The number of nitrogens with one attached hydrogen (secondary N) is 1. The van der Waals surface area contributed by atoms with Gasteiger partial charge in [0.1, 0.15) is 11.4 Å². The molecule has 0 spiro atoms. The highest BCUT2D eigenvalue weighted by Gasteiger charge is 2.20. The number of rotatable bonds is 4. The molecule has 2 aromatic rings. The third-order valence-corrected chi connectivity index (χ3v) is 5.02. The van der Waals surface area contributed by atoms with Gasteiger partial charge in [-0.1, -0.05) is 25.0 Å². The van der Waals surface area contributed by atoms with Gasteiger partial charge in [0.2, 0.25) is 0 Å². The number of halogens is 1. The summed E-state index contributed by atoms with van der Waals surface area (Å²) in [4.78, 5) is 25.8. The molecule has 27 heavy (non-hydrogen) atoms. The number of nitrogens with zero attached hydrogens (tertiary/aromatic N) is 1. The monoisotopic (exact) mass is 370 g/mol. The zero-order valence-corrected chi connectivity index (χ0v) is 16.1. The smallest absolute Gasteiger partial charge is 0.263 e. The highest BCUT2D eigenvalue weighted by molar-refractivity contribution is 5.94. The quantitative estimate of drug-likeness (QED) is 0.889. The van der Waals surface area contributed by atoms with Gasteiger partial charge in [-0.15, -0.1) is 0 Å². The van der Waals surface area contributed by atoms with Crippen molar-refractivity contribution >= 4 is 5.91 Å². The summed E-state index contributed by atoms with van der Waals surface area (Å²) in [6.07, 6.45) is 6.13. The summed E-state index contributed by atoms with van der Waals surface area (Å²) in [5.74, 6) is -0.626. The van der Waals surface area contributed by atoms with Gasteiger partial charge in [0.25, 0.3) is 11.5 Å². The van der Waals surface area contributed by atoms with Gasteiger partial charge in [-0.3, -0.25) is 9.59 Å². The Morgan fingerprint density at radius 2 is 1.78 bits per heavy atom. The zero-order valence-electron chi connectivity index (χ0n) is 16.1. The molecule has 0 aliphatic heterocycles. The van der Waals surface area contributed by atoms with E-state index in [2.05, 4.69) is 5.32 Å². The molecule has 0 atom stereocenters. The fourth-order valence-corrected chi connectivity index (χ4v) is 3.68. The van der Waals surface area contributed by atoms with Gasteiger partial charge in [0.05, 0.1) is 6.54 Å². The lowest BCUT2D eigenvalue weighted by molar-refractivity contribution is 0.0940. The van der Waals surface area contributed by atoms with Crippen molar-refractivity contribution in [1.82, 2.24) is 9.88 Å². The fourth-order valence-electron chi connectivity index (χ4n) is 3.68. The Labute approximate surface area is 159 Å². The lowest BCUT2D eigenvalue weighted by Crippen LogP contribution is -2.38. The molecule has 0 saturated heterocycles. The van der Waals surface area contributed by atoms with E-state index in [0.29, 0.717) is 6.54 Å². The second-order valence-electron chi connectivity index (χ2n) is 7.59. The van der Waals surface area contributed by atoms with Crippen molar-refractivity contribution in [2.75, 3.05) is 0 Å². The molecule has 1 heterocycles. The predicted molar refractivity (Wildman–Crippen MR) is 105 cm³/mol. The van der Waals surface area contributed by atoms with E-state index in [0.717, 1.165) is 48.9 Å². The van der Waals surface area contributed by atoms with E-state index < -0.39 is 0 Å². The van der Waals surface area contributed by atoms with Crippen LogP contribution in [0.1, 0.15) is 66.7 Å². The molecule has 4 nitrogen and oxygen atoms in total. The molecule has 1 aliphatic rings. The van der Waals surface area contributed by atoms with Crippen molar-refractivity contribution in [3.05, 3.63) is 68.9 Å². The third-order valence-electron chi connectivity index (χ3n) is 5.02. The van der Waals surface area contributed by atoms with Crippen molar-refractivity contribution in [3.8, 4) is 0 Å². The van der Waals surface area contributed by atoms with Crippen molar-refractivity contribution < 1.29 is 9.18 Å². The first-order chi connectivity index (χ1) is 13.0. The summed E-state index contributed by atoms with van der Waals surface area (Å²) in [5, 5.41) is 2.83. The standard InChI is InChI=1S/C22H27FN2O2/c1-15(2)24-21(26)19-13-17-7-5-3-4-6-8-20(17)25(22(19)27)14-16-9-11-18(23)12-10-16/h9-13,15H,3-8,14H2,1-2H3,(H,24,26). The van der Waals surface area contributed by atoms with Gasteiger partial charge in [0, 0.05) is 11.7 Å². The van der Waals surface area contributed by atoms with Crippen molar-refractivity contribution in [2.24, 2.45) is 0 Å². The maximum absolute atomic E-state index is 13.2. The molecule has 144 valence electrons. The third kappa shape index (κ3) is 4.65. The normalized spacial score (nSPS) is 14.4. The summed E-state index contributed by atoms with van der Waals surface area (Å²) >= 11 is 0. The molecule has 1 aromatic carbocycles. The fraction of sp³-hybridized carbons (Fsp3) is 0.455. The first-order valence-electron chi connectivity index (χ1n) is 9.76. The Morgan fingerprint density at radius 3 is 2.44 bits per heavy atom. The Bertz CT molecular complexity index is 869. The molecule has 0 bridgehead atoms. The van der Waals surface area contributed by atoms with E-state index in [-0.39, 0.29) is 28.9 Å². The van der Waals surface area contributed by atoms with Crippen LogP contribution in [0.4, 0.5) is 4.39 Å². The van der Waals surface area contributed by atoms with Crippen LogP contribution in [0, 0.1) is 5.82 Å². The molecular formula is C22H27FN2O2. The van der Waals surface area contributed by atoms with Gasteiger partial charge in [-0.05, 0) is 68.9 Å². The number of carbonyl (C=O) groups excluding carboxylic acids is 1. The maximum atomic E-state index is 13.2. The summed E-state index contributed by atoms with van der Waals surface area (Å²) in [6.45, 7) is 4.11. The Kier molecular flexibility index (Phi) is 6.09. The van der Waals surface area contributed by atoms with Gasteiger partial charge in [0.15, 0.2) is 0 Å². The van der Waals surface area contributed by atoms with E-state index >= 15 is 0 Å². The first kappa shape index (κ1) is 19.3. The lowest BCUT2D eigenvalue weighted by atomic mass is 9.95. The Balaban J connectivity index is 2.09. The van der Waals surface area contributed by atoms with Gasteiger partial charge in [-0.25, -0.2) is 4.39 Å². The van der Waals surface area contributed by atoms with Crippen LogP contribution in [-0.2, 0) is 19.4 Å². The molecule has 1 aromatic heterocycles. The average Bonchev–Trinajstić information content (AvgIpc) is 2.59. The van der Waals surface area contributed by atoms with Gasteiger partial charge < -0.3 is 9.88 Å². The Morgan fingerprint density at radius 1 is 1.11 bits per heavy atom. The lowest BCUT2D eigenvalue weighted by Gasteiger charge is -2.21. The largest absolute Gasteiger partial charge is 0.350 e. The SMILES string of the molecule is CC(C)NC(=O)c1cc2c(n(Cc3ccc(F)cc3)c1=O)CCCCCC2. The van der Waals surface area contributed by atoms with Crippen LogP contribution >= 0.6 is 0 Å². The summed E-state index contributed by atoms with van der Waals surface area (Å²) in [6, 6.07) is 7.95. The summed E-state index contributed by atoms with van der Waals surface area (Å²) in [7, 11) is 0. The zero-order chi connectivity index (χ0) is 19.4. The van der Waals surface area contributed by atoms with Crippen LogP contribution in [0.25, 0.3) is 0 Å². The number of hydrogen-bond donors (Lipinski definition) is 1. The maximum Gasteiger partial charge on any atom is 0.263 e. The number of aromatic nitrogens is 1. The highest BCUT2D eigenvalue weighted by atomic mass is 19.1. The number of hydrogen-bond acceptors (Lipinski definition) is 2. The van der Waals surface area contributed by atoms with E-state index in [1.54, 1.807) is 22.8 Å². The molecule has 5 heteroatoms. The van der Waals surface area contributed by atoms with Gasteiger partial charge in [-0.2, -0.15) is 0 Å². The summed E-state index contributed by atoms with van der Waals surface area (Å²) < 4.78 is 15.0. The van der Waals surface area contributed by atoms with E-state index in [1.807, 2.05) is 13.8 Å². The number of amides is 1. The molecular weight excluding hydrogens is 343 g/mol. The second-order valence-corrected chi connectivity index (χ2v) is 7.59. The van der Waals surface area contributed by atoms with Crippen LogP contribution < -0.4 is 10.9 Å². The number of fused-ring (bicyclic) bond motifs is 1. The number of pyridine rings is 1. The Hall–Kier alpha value is -2.43. The minimum Gasteiger partial charge on any atom is -0.350 e. The first-order valence-corrected chi connectivity index (χ1v) is 9.76. The molecule has 0 fully saturated rings. The highest BCUT2D eigenvalue weighted by Crippen LogP contribution is 2.21.